The number of carbonyl (C=O) groups is 1. The van der Waals surface area contributed by atoms with Crippen LogP contribution in [0.3, 0.4) is 0 Å². The number of rotatable bonds is 6. The van der Waals surface area contributed by atoms with Gasteiger partial charge in [0.15, 0.2) is 0 Å². The molecule has 2 fully saturated rings. The number of carbonyl (C=O) groups excluding carboxylic acids is 1. The summed E-state index contributed by atoms with van der Waals surface area (Å²) in [5.41, 5.74) is 0. The van der Waals surface area contributed by atoms with Crippen molar-refractivity contribution in [1.82, 2.24) is 15.1 Å². The quantitative estimate of drug-likeness (QED) is 0.793. The van der Waals surface area contributed by atoms with Gasteiger partial charge in [-0.1, -0.05) is 13.8 Å². The number of ether oxygens (including phenoxy) is 1. The largest absolute Gasteiger partial charge is 0.377 e. The van der Waals surface area contributed by atoms with Gasteiger partial charge in [0, 0.05) is 45.2 Å². The Morgan fingerprint density at radius 2 is 2.14 bits per heavy atom. The van der Waals surface area contributed by atoms with Gasteiger partial charge in [-0.15, -0.1) is 0 Å². The molecule has 1 amide bonds. The van der Waals surface area contributed by atoms with E-state index in [2.05, 4.69) is 22.0 Å². The molecule has 2 unspecified atom stereocenters. The summed E-state index contributed by atoms with van der Waals surface area (Å²) in [6.45, 7) is 11.6. The summed E-state index contributed by atoms with van der Waals surface area (Å²) in [5, 5.41) is 3.27. The van der Waals surface area contributed by atoms with Gasteiger partial charge in [-0.2, -0.15) is 0 Å². The smallest absolute Gasteiger partial charge is 0.226 e. The van der Waals surface area contributed by atoms with Crippen LogP contribution in [0.15, 0.2) is 0 Å². The summed E-state index contributed by atoms with van der Waals surface area (Å²) in [5.74, 6) is 0.379. The van der Waals surface area contributed by atoms with Crippen LogP contribution in [-0.4, -0.2) is 74.2 Å². The van der Waals surface area contributed by atoms with Gasteiger partial charge in [-0.05, 0) is 32.4 Å². The van der Waals surface area contributed by atoms with E-state index in [0.717, 1.165) is 58.8 Å². The molecule has 0 radical (unpaired) electrons. The van der Waals surface area contributed by atoms with E-state index in [1.165, 1.54) is 12.8 Å². The zero-order chi connectivity index (χ0) is 15.1. The van der Waals surface area contributed by atoms with Crippen molar-refractivity contribution >= 4 is 5.91 Å². The van der Waals surface area contributed by atoms with Gasteiger partial charge >= 0.3 is 0 Å². The number of hydrogen-bond donors (Lipinski definition) is 1. The lowest BCUT2D eigenvalue weighted by molar-refractivity contribution is -0.134. The maximum Gasteiger partial charge on any atom is 0.226 e. The molecule has 0 aliphatic carbocycles. The maximum absolute atomic E-state index is 12.5. The van der Waals surface area contributed by atoms with Crippen LogP contribution in [0.2, 0.25) is 0 Å². The average molecular weight is 297 g/mol. The molecule has 2 saturated heterocycles. The van der Waals surface area contributed by atoms with Gasteiger partial charge in [0.2, 0.25) is 5.91 Å². The Morgan fingerprint density at radius 3 is 2.86 bits per heavy atom. The molecule has 21 heavy (non-hydrogen) atoms. The van der Waals surface area contributed by atoms with Crippen LogP contribution < -0.4 is 5.32 Å². The Bertz CT molecular complexity index is 319. The topological polar surface area (TPSA) is 44.8 Å². The SMILES string of the molecule is CCNCC(C)C(=O)N1CCCN(CC2CCCO2)CC1. The van der Waals surface area contributed by atoms with Crippen LogP contribution in [0.25, 0.3) is 0 Å². The standard InChI is InChI=1S/C16H31N3O2/c1-3-17-12-14(2)16(20)19-8-5-7-18(9-10-19)13-15-6-4-11-21-15/h14-15,17H,3-13H2,1-2H3. The minimum absolute atomic E-state index is 0.0784. The van der Waals surface area contributed by atoms with Crippen molar-refractivity contribution in [2.45, 2.75) is 39.2 Å². The molecular formula is C16H31N3O2. The molecule has 0 saturated carbocycles. The normalized spacial score (nSPS) is 25.8. The molecule has 0 aromatic heterocycles. The zero-order valence-electron chi connectivity index (χ0n) is 13.6. The first-order valence-corrected chi connectivity index (χ1v) is 8.54. The van der Waals surface area contributed by atoms with E-state index in [0.29, 0.717) is 12.0 Å². The van der Waals surface area contributed by atoms with Gasteiger partial charge in [-0.3, -0.25) is 9.69 Å². The molecule has 0 spiro atoms. The second-order valence-electron chi connectivity index (χ2n) is 6.32. The predicted molar refractivity (Wildman–Crippen MR) is 84.3 cm³/mol. The molecule has 2 rings (SSSR count). The van der Waals surface area contributed by atoms with Gasteiger partial charge < -0.3 is 15.0 Å². The third-order valence-corrected chi connectivity index (χ3v) is 4.51. The first-order valence-electron chi connectivity index (χ1n) is 8.54. The highest BCUT2D eigenvalue weighted by molar-refractivity contribution is 5.78. The van der Waals surface area contributed by atoms with Crippen LogP contribution in [0, 0.1) is 5.92 Å². The van der Waals surface area contributed by atoms with E-state index in [-0.39, 0.29) is 5.92 Å². The van der Waals surface area contributed by atoms with E-state index >= 15 is 0 Å². The summed E-state index contributed by atoms with van der Waals surface area (Å²) in [6.07, 6.45) is 3.89. The van der Waals surface area contributed by atoms with Gasteiger partial charge in [0.1, 0.15) is 0 Å². The van der Waals surface area contributed by atoms with Gasteiger partial charge in [0.05, 0.1) is 6.10 Å². The van der Waals surface area contributed by atoms with E-state index in [4.69, 9.17) is 4.74 Å². The van der Waals surface area contributed by atoms with Crippen molar-refractivity contribution in [3.05, 3.63) is 0 Å². The molecule has 0 bridgehead atoms. The first-order chi connectivity index (χ1) is 10.2. The first kappa shape index (κ1) is 16.7. The highest BCUT2D eigenvalue weighted by Gasteiger charge is 2.25. The van der Waals surface area contributed by atoms with E-state index in [9.17, 15) is 4.79 Å². The Morgan fingerprint density at radius 1 is 1.29 bits per heavy atom. The van der Waals surface area contributed by atoms with Crippen LogP contribution in [0.4, 0.5) is 0 Å². The van der Waals surface area contributed by atoms with E-state index < -0.39 is 0 Å². The molecule has 1 N–H and O–H groups in total. The summed E-state index contributed by atoms with van der Waals surface area (Å²) in [4.78, 5) is 17.0. The van der Waals surface area contributed by atoms with E-state index in [1.807, 2.05) is 6.92 Å². The molecular weight excluding hydrogens is 266 g/mol. The monoisotopic (exact) mass is 297 g/mol. The van der Waals surface area contributed by atoms with Crippen molar-refractivity contribution in [2.24, 2.45) is 5.92 Å². The molecule has 2 aliphatic rings. The fourth-order valence-electron chi connectivity index (χ4n) is 3.21. The summed E-state index contributed by atoms with van der Waals surface area (Å²) >= 11 is 0. The Hall–Kier alpha value is -0.650. The zero-order valence-corrected chi connectivity index (χ0v) is 13.6. The number of hydrogen-bond acceptors (Lipinski definition) is 4. The molecule has 2 aliphatic heterocycles. The molecule has 2 heterocycles. The number of nitrogens with zero attached hydrogens (tertiary/aromatic N) is 2. The van der Waals surface area contributed by atoms with Crippen LogP contribution in [0.5, 0.6) is 0 Å². The molecule has 5 heteroatoms. The predicted octanol–water partition coefficient (Wildman–Crippen LogP) is 0.945. The lowest BCUT2D eigenvalue weighted by atomic mass is 10.1. The minimum Gasteiger partial charge on any atom is -0.377 e. The molecule has 122 valence electrons. The summed E-state index contributed by atoms with van der Waals surface area (Å²) in [7, 11) is 0. The average Bonchev–Trinajstić information content (AvgIpc) is 2.89. The number of amides is 1. The summed E-state index contributed by atoms with van der Waals surface area (Å²) < 4.78 is 5.72. The Balaban J connectivity index is 1.75. The van der Waals surface area contributed by atoms with Crippen molar-refractivity contribution in [3.8, 4) is 0 Å². The molecule has 5 nitrogen and oxygen atoms in total. The molecule has 0 aromatic carbocycles. The number of nitrogens with one attached hydrogen (secondary N) is 1. The van der Waals surface area contributed by atoms with E-state index in [1.54, 1.807) is 0 Å². The van der Waals surface area contributed by atoms with Gasteiger partial charge in [-0.25, -0.2) is 0 Å². The lowest BCUT2D eigenvalue weighted by Gasteiger charge is -2.25. The van der Waals surface area contributed by atoms with Crippen molar-refractivity contribution < 1.29 is 9.53 Å². The molecule has 0 aromatic rings. The highest BCUT2D eigenvalue weighted by Crippen LogP contribution is 2.15. The van der Waals surface area contributed by atoms with Gasteiger partial charge in [0.25, 0.3) is 0 Å². The fourth-order valence-corrected chi connectivity index (χ4v) is 3.21. The Kier molecular flexibility index (Phi) is 6.93. The van der Waals surface area contributed by atoms with Crippen LogP contribution in [0.1, 0.15) is 33.1 Å². The second-order valence-corrected chi connectivity index (χ2v) is 6.32. The Labute approximate surface area is 129 Å². The third-order valence-electron chi connectivity index (χ3n) is 4.51. The third kappa shape index (κ3) is 5.24. The van der Waals surface area contributed by atoms with Crippen molar-refractivity contribution in [2.75, 3.05) is 52.4 Å². The highest BCUT2D eigenvalue weighted by atomic mass is 16.5. The van der Waals surface area contributed by atoms with Crippen molar-refractivity contribution in [1.29, 1.82) is 0 Å². The second kappa shape index (κ2) is 8.71. The van der Waals surface area contributed by atoms with Crippen LogP contribution >= 0.6 is 0 Å². The minimum atomic E-state index is 0.0784. The van der Waals surface area contributed by atoms with Crippen molar-refractivity contribution in [3.63, 3.8) is 0 Å². The molecule has 2 atom stereocenters. The maximum atomic E-state index is 12.5. The van der Waals surface area contributed by atoms with Crippen LogP contribution in [-0.2, 0) is 9.53 Å². The lowest BCUT2D eigenvalue weighted by Crippen LogP contribution is -2.41. The summed E-state index contributed by atoms with van der Waals surface area (Å²) in [6, 6.07) is 0. The fraction of sp³-hybridized carbons (Fsp3) is 0.938.